The van der Waals surface area contributed by atoms with Crippen LogP contribution in [0.3, 0.4) is 0 Å². The number of carbonyl (C=O) groups is 1. The zero-order chi connectivity index (χ0) is 9.07. The number of carboxylic acids is 1. The van der Waals surface area contributed by atoms with Crippen molar-refractivity contribution in [1.82, 2.24) is 0 Å². The van der Waals surface area contributed by atoms with E-state index in [9.17, 15) is 4.79 Å². The van der Waals surface area contributed by atoms with Crippen LogP contribution in [0.5, 0.6) is 0 Å². The van der Waals surface area contributed by atoms with Gasteiger partial charge in [0, 0.05) is 5.57 Å². The molecule has 12 heavy (non-hydrogen) atoms. The van der Waals surface area contributed by atoms with Gasteiger partial charge in [0.2, 0.25) is 0 Å². The van der Waals surface area contributed by atoms with E-state index in [1.807, 2.05) is 21.1 Å². The van der Waals surface area contributed by atoms with E-state index in [0.29, 0.717) is 5.57 Å². The van der Waals surface area contributed by atoms with Crippen molar-refractivity contribution in [2.75, 3.05) is 27.7 Å². The summed E-state index contributed by atoms with van der Waals surface area (Å²) in [5, 5.41) is 8.50. The number of hydrogen-bond acceptors (Lipinski definition) is 1. The highest BCUT2D eigenvalue weighted by molar-refractivity contribution is 5.85. The van der Waals surface area contributed by atoms with E-state index in [2.05, 4.69) is 0 Å². The molecule has 0 amide bonds. The van der Waals surface area contributed by atoms with E-state index in [4.69, 9.17) is 5.11 Å². The Balaban J connectivity index is 0. The number of aliphatic carboxylic acids is 1. The quantitative estimate of drug-likeness (QED) is 0.406. The molecule has 0 radical (unpaired) electrons. The maximum atomic E-state index is 10.3. The van der Waals surface area contributed by atoms with Gasteiger partial charge in [-0.05, 0) is 13.0 Å². The molecule has 0 fully saturated rings. The molecule has 4 heteroatoms. The van der Waals surface area contributed by atoms with Gasteiger partial charge >= 0.3 is 5.97 Å². The summed E-state index contributed by atoms with van der Waals surface area (Å²) in [5.41, 5.74) is 0.415. The van der Waals surface area contributed by atoms with Gasteiger partial charge in [-0.1, -0.05) is 0 Å². The van der Waals surface area contributed by atoms with Crippen molar-refractivity contribution in [3.8, 4) is 0 Å². The summed E-state index contributed by atoms with van der Waals surface area (Å²) >= 11 is 0. The first kappa shape index (κ1) is 14.0. The third-order valence-corrected chi connectivity index (χ3v) is 1.28. The molecule has 0 aliphatic rings. The summed E-state index contributed by atoms with van der Waals surface area (Å²) in [4.78, 5) is 10.3. The largest absolute Gasteiger partial charge is 1.00 e. The predicted octanol–water partition coefficient (Wildman–Crippen LogP) is -2.27. The third kappa shape index (κ3) is 7.57. The van der Waals surface area contributed by atoms with Crippen molar-refractivity contribution in [2.45, 2.75) is 6.92 Å². The van der Waals surface area contributed by atoms with Gasteiger partial charge in [0.1, 0.15) is 0 Å². The van der Waals surface area contributed by atoms with Gasteiger partial charge in [0.05, 0.1) is 27.7 Å². The van der Waals surface area contributed by atoms with Crippen molar-refractivity contribution in [3.63, 3.8) is 0 Å². The van der Waals surface area contributed by atoms with Crippen LogP contribution in [0, 0.1) is 0 Å². The van der Waals surface area contributed by atoms with Crippen molar-refractivity contribution < 1.29 is 26.8 Å². The molecular weight excluding hydrogens is 178 g/mol. The summed E-state index contributed by atoms with van der Waals surface area (Å²) in [6.07, 6.45) is 1.74. The SMILES string of the molecule is CC(=CC[N+](C)(C)C)C(=O)O.[Cl-]. The number of rotatable bonds is 3. The molecule has 0 aromatic heterocycles. The molecule has 0 unspecified atom stereocenters. The normalized spacial score (nSPS) is 12.2. The van der Waals surface area contributed by atoms with Crippen LogP contribution < -0.4 is 12.4 Å². The summed E-state index contributed by atoms with van der Waals surface area (Å²) in [6.45, 7) is 2.36. The van der Waals surface area contributed by atoms with E-state index < -0.39 is 5.97 Å². The highest BCUT2D eigenvalue weighted by Crippen LogP contribution is 1.96. The molecule has 0 aromatic rings. The fourth-order valence-electron chi connectivity index (χ4n) is 0.498. The molecule has 0 saturated carbocycles. The fraction of sp³-hybridized carbons (Fsp3) is 0.625. The molecule has 0 aromatic carbocycles. The highest BCUT2D eigenvalue weighted by Gasteiger charge is 2.05. The standard InChI is InChI=1S/C8H15NO2.ClH/c1-7(8(10)11)5-6-9(2,3)4;/h5H,6H2,1-4H3;1H. The highest BCUT2D eigenvalue weighted by atomic mass is 35.5. The summed E-state index contributed by atoms with van der Waals surface area (Å²) in [6, 6.07) is 0. The third-order valence-electron chi connectivity index (χ3n) is 1.28. The van der Waals surface area contributed by atoms with Gasteiger partial charge in [-0.15, -0.1) is 0 Å². The van der Waals surface area contributed by atoms with Gasteiger partial charge in [-0.3, -0.25) is 0 Å². The van der Waals surface area contributed by atoms with E-state index >= 15 is 0 Å². The minimum Gasteiger partial charge on any atom is -1.00 e. The zero-order valence-electron chi connectivity index (χ0n) is 7.97. The average Bonchev–Trinajstić information content (AvgIpc) is 1.80. The first-order chi connectivity index (χ1) is 4.83. The van der Waals surface area contributed by atoms with Crippen LogP contribution in [-0.2, 0) is 4.79 Å². The van der Waals surface area contributed by atoms with Crippen molar-refractivity contribution in [2.24, 2.45) is 0 Å². The van der Waals surface area contributed by atoms with Crippen LogP contribution in [0.4, 0.5) is 0 Å². The van der Waals surface area contributed by atoms with Crippen LogP contribution in [0.15, 0.2) is 11.6 Å². The fourth-order valence-corrected chi connectivity index (χ4v) is 0.498. The van der Waals surface area contributed by atoms with E-state index in [0.717, 1.165) is 11.0 Å². The van der Waals surface area contributed by atoms with Crippen LogP contribution in [0.1, 0.15) is 6.92 Å². The lowest BCUT2D eigenvalue weighted by molar-refractivity contribution is -0.864. The molecule has 0 spiro atoms. The molecule has 1 N–H and O–H groups in total. The number of quaternary nitrogens is 1. The van der Waals surface area contributed by atoms with Crippen LogP contribution in [-0.4, -0.2) is 43.2 Å². The summed E-state index contributed by atoms with van der Waals surface area (Å²) < 4.78 is 0.755. The Morgan fingerprint density at radius 1 is 1.42 bits per heavy atom. The van der Waals surface area contributed by atoms with Crippen molar-refractivity contribution >= 4 is 5.97 Å². The maximum Gasteiger partial charge on any atom is 0.331 e. The van der Waals surface area contributed by atoms with E-state index in [-0.39, 0.29) is 12.4 Å². The van der Waals surface area contributed by atoms with Crippen LogP contribution in [0.25, 0.3) is 0 Å². The Kier molecular flexibility index (Phi) is 6.03. The minimum atomic E-state index is -0.835. The minimum absolute atomic E-state index is 0. The lowest BCUT2D eigenvalue weighted by Gasteiger charge is -2.21. The molecule has 0 heterocycles. The molecular formula is C8H16ClNO2. The topological polar surface area (TPSA) is 37.3 Å². The van der Waals surface area contributed by atoms with Crippen LogP contribution in [0.2, 0.25) is 0 Å². The lowest BCUT2D eigenvalue weighted by Crippen LogP contribution is -3.00. The first-order valence-electron chi connectivity index (χ1n) is 3.53. The Bertz CT molecular complexity index is 182. The molecule has 0 atom stereocenters. The second-order valence-electron chi connectivity index (χ2n) is 3.67. The Hall–Kier alpha value is -0.540. The predicted molar refractivity (Wildman–Crippen MR) is 44.3 cm³/mol. The van der Waals surface area contributed by atoms with Gasteiger partial charge in [0.15, 0.2) is 0 Å². The monoisotopic (exact) mass is 193 g/mol. The Labute approximate surface area is 79.7 Å². The van der Waals surface area contributed by atoms with Gasteiger partial charge < -0.3 is 22.0 Å². The molecule has 3 nitrogen and oxygen atoms in total. The molecule has 0 rings (SSSR count). The Morgan fingerprint density at radius 3 is 2.08 bits per heavy atom. The second-order valence-corrected chi connectivity index (χ2v) is 3.67. The average molecular weight is 194 g/mol. The number of carboxylic acid groups (broad SMARTS) is 1. The lowest BCUT2D eigenvalue weighted by atomic mass is 10.3. The molecule has 72 valence electrons. The second kappa shape index (κ2) is 5.17. The van der Waals surface area contributed by atoms with Crippen molar-refractivity contribution in [3.05, 3.63) is 11.6 Å². The number of nitrogens with zero attached hydrogens (tertiary/aromatic N) is 1. The molecule has 0 aliphatic heterocycles. The summed E-state index contributed by atoms with van der Waals surface area (Å²) in [7, 11) is 6.06. The molecule has 0 aliphatic carbocycles. The van der Waals surface area contributed by atoms with Crippen LogP contribution >= 0.6 is 0 Å². The zero-order valence-corrected chi connectivity index (χ0v) is 8.72. The van der Waals surface area contributed by atoms with E-state index in [1.54, 1.807) is 13.0 Å². The molecule has 0 bridgehead atoms. The molecule has 0 saturated heterocycles. The smallest absolute Gasteiger partial charge is 0.331 e. The maximum absolute atomic E-state index is 10.3. The van der Waals surface area contributed by atoms with Gasteiger partial charge in [-0.25, -0.2) is 4.79 Å². The number of halogens is 1. The summed E-state index contributed by atoms with van der Waals surface area (Å²) in [5.74, 6) is -0.835. The Morgan fingerprint density at radius 2 is 1.83 bits per heavy atom. The van der Waals surface area contributed by atoms with Gasteiger partial charge in [0.25, 0.3) is 0 Å². The number of hydrogen-bond donors (Lipinski definition) is 1. The van der Waals surface area contributed by atoms with Crippen molar-refractivity contribution in [1.29, 1.82) is 0 Å². The first-order valence-corrected chi connectivity index (χ1v) is 3.53. The number of likely N-dealkylation sites (N-methyl/N-ethyl adjacent to an activating group) is 1. The van der Waals surface area contributed by atoms with E-state index in [1.165, 1.54) is 0 Å². The van der Waals surface area contributed by atoms with Gasteiger partial charge in [-0.2, -0.15) is 0 Å².